The maximum atomic E-state index is 12.9. The van der Waals surface area contributed by atoms with Gasteiger partial charge in [-0.2, -0.15) is 0 Å². The third-order valence-corrected chi connectivity index (χ3v) is 5.69. The molecule has 1 atom stereocenters. The number of thioether (sulfide) groups is 1. The number of hydrogen-bond donors (Lipinski definition) is 1. The first kappa shape index (κ1) is 19.6. The molecule has 2 amide bonds. The van der Waals surface area contributed by atoms with Crippen LogP contribution in [0.4, 0.5) is 11.4 Å². The molecule has 150 valence electrons. The van der Waals surface area contributed by atoms with Crippen molar-refractivity contribution in [1.82, 2.24) is 0 Å². The Morgan fingerprint density at radius 1 is 1.24 bits per heavy atom. The minimum absolute atomic E-state index is 0.0988. The highest BCUT2D eigenvalue weighted by Crippen LogP contribution is 2.35. The van der Waals surface area contributed by atoms with Crippen LogP contribution in [0.3, 0.4) is 0 Å². The molecule has 0 aliphatic carbocycles. The summed E-state index contributed by atoms with van der Waals surface area (Å²) in [7, 11) is 0. The van der Waals surface area contributed by atoms with Crippen LogP contribution in [-0.4, -0.2) is 35.6 Å². The zero-order valence-corrected chi connectivity index (χ0v) is 17.1. The predicted octanol–water partition coefficient (Wildman–Crippen LogP) is 3.92. The van der Waals surface area contributed by atoms with E-state index in [0.29, 0.717) is 33.9 Å². The molecule has 2 aromatic carbocycles. The van der Waals surface area contributed by atoms with E-state index >= 15 is 0 Å². The van der Waals surface area contributed by atoms with Crippen molar-refractivity contribution in [2.75, 3.05) is 23.6 Å². The molecule has 0 bridgehead atoms. The first-order valence-corrected chi connectivity index (χ1v) is 10.3. The maximum absolute atomic E-state index is 12.9. The van der Waals surface area contributed by atoms with Gasteiger partial charge in [-0.25, -0.2) is 4.90 Å². The summed E-state index contributed by atoms with van der Waals surface area (Å²) in [6, 6.07) is 12.2. The summed E-state index contributed by atoms with van der Waals surface area (Å²) >= 11 is 7.25. The van der Waals surface area contributed by atoms with Gasteiger partial charge in [0.25, 0.3) is 0 Å². The van der Waals surface area contributed by atoms with Crippen molar-refractivity contribution >= 4 is 51.7 Å². The van der Waals surface area contributed by atoms with Gasteiger partial charge < -0.3 is 14.8 Å². The van der Waals surface area contributed by atoms with Crippen LogP contribution >= 0.6 is 23.4 Å². The highest BCUT2D eigenvalue weighted by Gasteiger charge is 2.40. The summed E-state index contributed by atoms with van der Waals surface area (Å²) in [4.78, 5) is 31.0. The van der Waals surface area contributed by atoms with Gasteiger partial charge in [0, 0.05) is 29.7 Å². The minimum atomic E-state index is -0.562. The number of nitrogens with one attached hydrogen (secondary N) is 1. The molecule has 1 saturated heterocycles. The van der Waals surface area contributed by atoms with Gasteiger partial charge in [0.2, 0.25) is 18.6 Å². The molecule has 1 fully saturated rings. The fraction of sp³-hybridized carbons (Fsp3) is 0.250. The average Bonchev–Trinajstić information content (AvgIpc) is 3.26. The molecule has 2 aliphatic heterocycles. The predicted molar refractivity (Wildman–Crippen MR) is 114 cm³/mol. The van der Waals surface area contributed by atoms with Gasteiger partial charge in [-0.05, 0) is 37.3 Å². The third kappa shape index (κ3) is 4.18. The second-order valence-electron chi connectivity index (χ2n) is 6.33. The highest BCUT2D eigenvalue weighted by molar-refractivity contribution is 8.15. The topological polar surface area (TPSA) is 80.2 Å². The van der Waals surface area contributed by atoms with E-state index < -0.39 is 5.25 Å². The van der Waals surface area contributed by atoms with E-state index in [1.54, 1.807) is 24.3 Å². The van der Waals surface area contributed by atoms with Crippen LogP contribution in [0, 0.1) is 0 Å². The van der Waals surface area contributed by atoms with Crippen LogP contribution < -0.4 is 19.7 Å². The van der Waals surface area contributed by atoms with Gasteiger partial charge in [-0.15, -0.1) is 0 Å². The number of anilines is 2. The van der Waals surface area contributed by atoms with Crippen LogP contribution in [0.15, 0.2) is 47.5 Å². The summed E-state index contributed by atoms with van der Waals surface area (Å²) in [5.41, 5.74) is 1.24. The van der Waals surface area contributed by atoms with Crippen molar-refractivity contribution in [3.8, 4) is 11.5 Å². The lowest BCUT2D eigenvalue weighted by Crippen LogP contribution is -2.31. The van der Waals surface area contributed by atoms with E-state index in [1.807, 2.05) is 25.1 Å². The molecular weight excluding hydrogens is 414 g/mol. The number of fused-ring (bicyclic) bond motifs is 1. The van der Waals surface area contributed by atoms with Crippen molar-refractivity contribution in [2.45, 2.75) is 18.6 Å². The minimum Gasteiger partial charge on any atom is -0.454 e. The smallest absolute Gasteiger partial charge is 0.247 e. The molecule has 4 rings (SSSR count). The molecule has 2 aliphatic rings. The number of hydrogen-bond acceptors (Lipinski definition) is 6. The first-order valence-electron chi connectivity index (χ1n) is 9.05. The maximum Gasteiger partial charge on any atom is 0.247 e. The molecule has 0 aromatic heterocycles. The number of halogens is 1. The van der Waals surface area contributed by atoms with Crippen LogP contribution in [0.2, 0.25) is 5.02 Å². The molecule has 0 radical (unpaired) electrons. The largest absolute Gasteiger partial charge is 0.454 e. The number of aliphatic imine (C=N–C) groups is 1. The van der Waals surface area contributed by atoms with Gasteiger partial charge >= 0.3 is 0 Å². The average molecular weight is 432 g/mol. The highest BCUT2D eigenvalue weighted by atomic mass is 35.5. The first-order chi connectivity index (χ1) is 14.0. The number of carbonyl (C=O) groups excluding carboxylic acids is 2. The quantitative estimate of drug-likeness (QED) is 0.449. The lowest BCUT2D eigenvalue weighted by Gasteiger charge is -2.16. The number of ether oxygens (including phenoxy) is 2. The molecule has 0 unspecified atom stereocenters. The molecule has 1 N–H and O–H groups in total. The lowest BCUT2D eigenvalue weighted by molar-refractivity contribution is -0.121. The lowest BCUT2D eigenvalue weighted by atomic mass is 10.3. The van der Waals surface area contributed by atoms with Crippen molar-refractivity contribution < 1.29 is 19.1 Å². The molecule has 0 saturated carbocycles. The SMILES string of the molecule is CCN=C(Nc1ccc2c(c1)OCO2)S[C@H]1CC(=O)N(c2cccc(Cl)c2)C1=O. The Morgan fingerprint density at radius 2 is 2.07 bits per heavy atom. The second kappa shape index (κ2) is 8.34. The fourth-order valence-corrected chi connectivity index (χ4v) is 4.33. The molecule has 29 heavy (non-hydrogen) atoms. The Balaban J connectivity index is 1.49. The number of nitrogens with zero attached hydrogens (tertiary/aromatic N) is 2. The summed E-state index contributed by atoms with van der Waals surface area (Å²) in [5.74, 6) is 0.799. The Labute approximate surface area is 177 Å². The summed E-state index contributed by atoms with van der Waals surface area (Å²) in [5, 5.41) is 3.68. The van der Waals surface area contributed by atoms with Crippen molar-refractivity contribution in [2.24, 2.45) is 4.99 Å². The second-order valence-corrected chi connectivity index (χ2v) is 7.96. The van der Waals surface area contributed by atoms with Crippen molar-refractivity contribution in [1.29, 1.82) is 0 Å². The molecule has 9 heteroatoms. The van der Waals surface area contributed by atoms with Gasteiger partial charge in [-0.1, -0.05) is 29.4 Å². The molecule has 0 spiro atoms. The standard InChI is InChI=1S/C20H18ClN3O4S/c1-2-22-20(23-13-6-7-15-16(9-13)28-11-27-15)29-17-10-18(25)24(19(17)26)14-5-3-4-12(21)8-14/h3-9,17H,2,10-11H2,1H3,(H,22,23)/t17-/m0/s1. The zero-order chi connectivity index (χ0) is 20.4. The molecule has 7 nitrogen and oxygen atoms in total. The number of carbonyl (C=O) groups is 2. The van der Waals surface area contributed by atoms with E-state index in [4.69, 9.17) is 21.1 Å². The Morgan fingerprint density at radius 3 is 2.86 bits per heavy atom. The summed E-state index contributed by atoms with van der Waals surface area (Å²) < 4.78 is 10.7. The van der Waals surface area contributed by atoms with Crippen LogP contribution in [0.25, 0.3) is 0 Å². The third-order valence-electron chi connectivity index (χ3n) is 4.35. The van der Waals surface area contributed by atoms with Crippen LogP contribution in [0.5, 0.6) is 11.5 Å². The van der Waals surface area contributed by atoms with Crippen molar-refractivity contribution in [3.05, 3.63) is 47.5 Å². The number of rotatable bonds is 4. The van der Waals surface area contributed by atoms with E-state index in [2.05, 4.69) is 10.3 Å². The summed E-state index contributed by atoms with van der Waals surface area (Å²) in [6.07, 6.45) is 0.0988. The molecule has 2 aromatic rings. The monoisotopic (exact) mass is 431 g/mol. The molecular formula is C20H18ClN3O4S. The van der Waals surface area contributed by atoms with E-state index in [9.17, 15) is 9.59 Å². The number of imide groups is 1. The van der Waals surface area contributed by atoms with E-state index in [1.165, 1.54) is 16.7 Å². The Kier molecular flexibility index (Phi) is 5.64. The molecule has 2 heterocycles. The van der Waals surface area contributed by atoms with E-state index in [0.717, 1.165) is 5.69 Å². The normalized spacial score (nSPS) is 18.5. The van der Waals surface area contributed by atoms with Gasteiger partial charge in [0.1, 0.15) is 5.25 Å². The Bertz CT molecular complexity index is 997. The number of amides is 2. The van der Waals surface area contributed by atoms with Crippen LogP contribution in [-0.2, 0) is 9.59 Å². The van der Waals surface area contributed by atoms with Gasteiger partial charge in [0.05, 0.1) is 5.69 Å². The Hall–Kier alpha value is -2.71. The number of benzene rings is 2. The van der Waals surface area contributed by atoms with Gasteiger partial charge in [-0.3, -0.25) is 14.6 Å². The van der Waals surface area contributed by atoms with Crippen molar-refractivity contribution in [3.63, 3.8) is 0 Å². The summed E-state index contributed by atoms with van der Waals surface area (Å²) in [6.45, 7) is 2.63. The van der Waals surface area contributed by atoms with E-state index in [-0.39, 0.29) is 25.0 Å². The fourth-order valence-electron chi connectivity index (χ4n) is 3.06. The zero-order valence-electron chi connectivity index (χ0n) is 15.6. The van der Waals surface area contributed by atoms with Gasteiger partial charge in [0.15, 0.2) is 16.7 Å². The van der Waals surface area contributed by atoms with Crippen LogP contribution in [0.1, 0.15) is 13.3 Å². The number of amidine groups is 1.